The summed E-state index contributed by atoms with van der Waals surface area (Å²) in [5.41, 5.74) is 4.40. The van der Waals surface area contributed by atoms with Crippen molar-refractivity contribution in [2.24, 2.45) is 5.92 Å². The van der Waals surface area contributed by atoms with Crippen LogP contribution < -0.4 is 0 Å². The maximum atomic E-state index is 4.76. The van der Waals surface area contributed by atoms with E-state index in [0.717, 1.165) is 54.1 Å². The highest BCUT2D eigenvalue weighted by atomic mass is 15.5. The summed E-state index contributed by atoms with van der Waals surface area (Å²) in [6.45, 7) is 7.32. The third kappa shape index (κ3) is 4.45. The summed E-state index contributed by atoms with van der Waals surface area (Å²) in [6, 6.07) is 16.7. The van der Waals surface area contributed by atoms with Crippen molar-refractivity contribution in [1.82, 2.24) is 35.4 Å². The first-order chi connectivity index (χ1) is 14.6. The Bertz CT molecular complexity index is 1080. The van der Waals surface area contributed by atoms with Gasteiger partial charge in [0, 0.05) is 18.4 Å². The summed E-state index contributed by atoms with van der Waals surface area (Å²) in [4.78, 5) is 4.73. The third-order valence-corrected chi connectivity index (χ3v) is 5.18. The highest BCUT2D eigenvalue weighted by Gasteiger charge is 2.12. The lowest BCUT2D eigenvalue weighted by atomic mass is 9.98. The lowest BCUT2D eigenvalue weighted by molar-refractivity contribution is 0.568. The lowest BCUT2D eigenvalue weighted by Crippen LogP contribution is -2.06. The number of aromatic amines is 1. The van der Waals surface area contributed by atoms with Crippen molar-refractivity contribution < 1.29 is 0 Å². The molecule has 0 amide bonds. The molecule has 0 aliphatic carbocycles. The molecule has 4 rings (SSSR count). The second-order valence-corrected chi connectivity index (χ2v) is 7.88. The minimum Gasteiger partial charge on any atom is -0.245 e. The summed E-state index contributed by atoms with van der Waals surface area (Å²) in [5, 5.41) is 19.1. The molecule has 0 aliphatic heterocycles. The molecule has 0 fully saturated rings. The Labute approximate surface area is 176 Å². The van der Waals surface area contributed by atoms with Gasteiger partial charge in [-0.05, 0) is 39.5 Å². The van der Waals surface area contributed by atoms with Crippen molar-refractivity contribution >= 4 is 0 Å². The van der Waals surface area contributed by atoms with Crippen molar-refractivity contribution in [2.75, 3.05) is 0 Å². The number of nitrogens with one attached hydrogen (secondary N) is 1. The number of rotatable bonds is 8. The third-order valence-electron chi connectivity index (χ3n) is 5.18. The predicted octanol–water partition coefficient (Wildman–Crippen LogP) is 4.32. The average Bonchev–Trinajstić information content (AvgIpc) is 3.43. The Hall–Kier alpha value is -3.35. The van der Waals surface area contributed by atoms with E-state index < -0.39 is 0 Å². The van der Waals surface area contributed by atoms with Gasteiger partial charge in [-0.2, -0.15) is 5.10 Å². The summed E-state index contributed by atoms with van der Waals surface area (Å²) < 4.78 is 2.04. The van der Waals surface area contributed by atoms with E-state index in [1.54, 1.807) is 0 Å². The molecule has 0 spiro atoms. The van der Waals surface area contributed by atoms with E-state index in [0.29, 0.717) is 11.7 Å². The molecule has 30 heavy (non-hydrogen) atoms. The number of tetrazole rings is 1. The molecular formula is C23H27N7. The number of H-pyrrole nitrogens is 1. The summed E-state index contributed by atoms with van der Waals surface area (Å²) in [7, 11) is 0. The van der Waals surface area contributed by atoms with Crippen molar-refractivity contribution in [3.05, 3.63) is 65.7 Å². The normalized spacial score (nSPS) is 11.3. The van der Waals surface area contributed by atoms with E-state index in [1.807, 2.05) is 22.9 Å². The molecule has 2 heterocycles. The molecule has 0 saturated heterocycles. The topological polar surface area (TPSA) is 85.2 Å². The Kier molecular flexibility index (Phi) is 5.97. The van der Waals surface area contributed by atoms with Crippen molar-refractivity contribution in [2.45, 2.75) is 46.6 Å². The fourth-order valence-electron chi connectivity index (χ4n) is 3.52. The van der Waals surface area contributed by atoms with Gasteiger partial charge in [-0.3, -0.25) is 0 Å². The number of aromatic nitrogens is 7. The van der Waals surface area contributed by atoms with Crippen LogP contribution in [0.4, 0.5) is 0 Å². The van der Waals surface area contributed by atoms with Gasteiger partial charge in [-0.25, -0.2) is 14.8 Å². The van der Waals surface area contributed by atoms with Gasteiger partial charge in [0.2, 0.25) is 0 Å². The SMILES string of the molecule is CCc1nc(CCC(C)C)nn1Cc1ccc(-c2ccccc2-c2nnn[nH]2)cc1. The zero-order valence-corrected chi connectivity index (χ0v) is 17.7. The smallest absolute Gasteiger partial charge is 0.180 e. The fraction of sp³-hybridized carbons (Fsp3) is 0.348. The quantitative estimate of drug-likeness (QED) is 0.475. The van der Waals surface area contributed by atoms with E-state index in [2.05, 4.69) is 71.7 Å². The molecule has 7 heteroatoms. The molecule has 2 aromatic carbocycles. The average molecular weight is 402 g/mol. The minimum absolute atomic E-state index is 0.658. The highest BCUT2D eigenvalue weighted by Crippen LogP contribution is 2.29. The molecule has 1 N–H and O–H groups in total. The lowest BCUT2D eigenvalue weighted by Gasteiger charge is -2.09. The van der Waals surface area contributed by atoms with Crippen molar-refractivity contribution in [3.63, 3.8) is 0 Å². The van der Waals surface area contributed by atoms with Crippen molar-refractivity contribution in [1.29, 1.82) is 0 Å². The van der Waals surface area contributed by atoms with Crippen LogP contribution in [0.2, 0.25) is 0 Å². The Morgan fingerprint density at radius 3 is 2.43 bits per heavy atom. The number of nitrogens with zero attached hydrogens (tertiary/aromatic N) is 6. The van der Waals surface area contributed by atoms with Crippen LogP contribution >= 0.6 is 0 Å². The van der Waals surface area contributed by atoms with Gasteiger partial charge in [0.25, 0.3) is 0 Å². The summed E-state index contributed by atoms with van der Waals surface area (Å²) in [5.74, 6) is 3.32. The zero-order chi connectivity index (χ0) is 20.9. The standard InChI is InChI=1S/C23H27N7/c1-4-22-24-21(14-9-16(2)3)27-30(22)15-17-10-12-18(13-11-17)19-7-5-6-8-20(19)23-25-28-29-26-23/h5-8,10-13,16H,4,9,14-15H2,1-3H3,(H,25,26,28,29). The minimum atomic E-state index is 0.658. The maximum Gasteiger partial charge on any atom is 0.180 e. The molecule has 0 unspecified atom stereocenters. The fourth-order valence-corrected chi connectivity index (χ4v) is 3.52. The zero-order valence-electron chi connectivity index (χ0n) is 17.7. The summed E-state index contributed by atoms with van der Waals surface area (Å²) >= 11 is 0. The molecule has 0 radical (unpaired) electrons. The van der Waals surface area contributed by atoms with Crippen LogP contribution in [0.5, 0.6) is 0 Å². The Morgan fingerprint density at radius 1 is 1.00 bits per heavy atom. The van der Waals surface area contributed by atoms with Gasteiger partial charge in [0.05, 0.1) is 6.54 Å². The van der Waals surface area contributed by atoms with Gasteiger partial charge >= 0.3 is 0 Å². The second-order valence-electron chi connectivity index (χ2n) is 7.88. The molecule has 7 nitrogen and oxygen atoms in total. The van der Waals surface area contributed by atoms with Crippen LogP contribution in [0.25, 0.3) is 22.5 Å². The predicted molar refractivity (Wildman–Crippen MR) is 117 cm³/mol. The second kappa shape index (κ2) is 8.98. The first kappa shape index (κ1) is 19.9. The van der Waals surface area contributed by atoms with E-state index >= 15 is 0 Å². The number of aryl methyl sites for hydroxylation is 2. The van der Waals surface area contributed by atoms with Gasteiger partial charge < -0.3 is 0 Å². The van der Waals surface area contributed by atoms with Crippen LogP contribution in [0.3, 0.4) is 0 Å². The van der Waals surface area contributed by atoms with Crippen LogP contribution in [-0.2, 0) is 19.4 Å². The Balaban J connectivity index is 1.54. The molecule has 2 aromatic heterocycles. The van der Waals surface area contributed by atoms with Crippen LogP contribution in [0, 0.1) is 5.92 Å². The van der Waals surface area contributed by atoms with E-state index in [4.69, 9.17) is 10.1 Å². The highest BCUT2D eigenvalue weighted by molar-refractivity contribution is 5.80. The monoisotopic (exact) mass is 401 g/mol. The van der Waals surface area contributed by atoms with E-state index in [9.17, 15) is 0 Å². The van der Waals surface area contributed by atoms with Crippen molar-refractivity contribution in [3.8, 4) is 22.5 Å². The number of benzene rings is 2. The summed E-state index contributed by atoms with van der Waals surface area (Å²) in [6.07, 6.45) is 2.93. The van der Waals surface area contributed by atoms with Gasteiger partial charge in [-0.1, -0.05) is 69.3 Å². The molecular weight excluding hydrogens is 374 g/mol. The first-order valence-corrected chi connectivity index (χ1v) is 10.5. The molecule has 0 aliphatic rings. The van der Waals surface area contributed by atoms with Gasteiger partial charge in [-0.15, -0.1) is 5.10 Å². The first-order valence-electron chi connectivity index (χ1n) is 10.5. The van der Waals surface area contributed by atoms with Gasteiger partial charge in [0.1, 0.15) is 5.82 Å². The van der Waals surface area contributed by atoms with E-state index in [1.165, 1.54) is 5.56 Å². The molecule has 154 valence electrons. The van der Waals surface area contributed by atoms with E-state index in [-0.39, 0.29) is 0 Å². The molecule has 0 saturated carbocycles. The molecule has 0 atom stereocenters. The number of hydrogen-bond donors (Lipinski definition) is 1. The van der Waals surface area contributed by atoms with Crippen LogP contribution in [0.15, 0.2) is 48.5 Å². The Morgan fingerprint density at radius 2 is 1.77 bits per heavy atom. The number of hydrogen-bond acceptors (Lipinski definition) is 5. The largest absolute Gasteiger partial charge is 0.245 e. The van der Waals surface area contributed by atoms with Crippen LogP contribution in [-0.4, -0.2) is 35.4 Å². The molecule has 4 aromatic rings. The molecule has 0 bridgehead atoms. The maximum absolute atomic E-state index is 4.76. The van der Waals surface area contributed by atoms with Gasteiger partial charge in [0.15, 0.2) is 11.6 Å². The van der Waals surface area contributed by atoms with Crippen LogP contribution in [0.1, 0.15) is 44.4 Å².